The maximum absolute atomic E-state index is 9.44. The fourth-order valence-electron chi connectivity index (χ4n) is 2.41. The number of hydrogen-bond donors (Lipinski definition) is 2. The van der Waals surface area contributed by atoms with Crippen molar-refractivity contribution < 1.29 is 5.11 Å². The summed E-state index contributed by atoms with van der Waals surface area (Å²) in [6, 6.07) is 0.865. The van der Waals surface area contributed by atoms with Gasteiger partial charge in [0.15, 0.2) is 0 Å². The van der Waals surface area contributed by atoms with Gasteiger partial charge in [-0.1, -0.05) is 13.8 Å². The first-order valence-corrected chi connectivity index (χ1v) is 6.75. The van der Waals surface area contributed by atoms with Gasteiger partial charge in [-0.15, -0.1) is 0 Å². The van der Waals surface area contributed by atoms with Crippen molar-refractivity contribution in [2.24, 2.45) is 0 Å². The van der Waals surface area contributed by atoms with Gasteiger partial charge in [0.05, 0.1) is 6.61 Å². The van der Waals surface area contributed by atoms with Crippen molar-refractivity contribution in [2.75, 3.05) is 26.7 Å². The molecule has 1 rings (SSSR count). The van der Waals surface area contributed by atoms with Gasteiger partial charge in [0, 0.05) is 11.6 Å². The lowest BCUT2D eigenvalue weighted by Gasteiger charge is -2.31. The first kappa shape index (κ1) is 13.9. The fraction of sp³-hybridized carbons (Fsp3) is 1.00. The highest BCUT2D eigenvalue weighted by Crippen LogP contribution is 2.27. The minimum Gasteiger partial charge on any atom is -0.394 e. The van der Waals surface area contributed by atoms with E-state index in [4.69, 9.17) is 0 Å². The predicted molar refractivity (Wildman–Crippen MR) is 68.7 cm³/mol. The summed E-state index contributed by atoms with van der Waals surface area (Å²) in [4.78, 5) is 2.58. The molecule has 2 N–H and O–H groups in total. The lowest BCUT2D eigenvalue weighted by Crippen LogP contribution is -2.46. The van der Waals surface area contributed by atoms with Crippen molar-refractivity contribution in [3.05, 3.63) is 0 Å². The number of nitrogens with one attached hydrogen (secondary N) is 1. The van der Waals surface area contributed by atoms with Gasteiger partial charge in [0.25, 0.3) is 0 Å². The summed E-state index contributed by atoms with van der Waals surface area (Å²) in [6.45, 7) is 6.99. The zero-order valence-corrected chi connectivity index (χ0v) is 11.1. The molecule has 16 heavy (non-hydrogen) atoms. The van der Waals surface area contributed by atoms with Crippen molar-refractivity contribution in [1.29, 1.82) is 0 Å². The number of likely N-dealkylation sites (N-methyl/N-ethyl adjacent to an activating group) is 1. The Morgan fingerprint density at radius 3 is 2.44 bits per heavy atom. The molecule has 1 fully saturated rings. The highest BCUT2D eigenvalue weighted by atomic mass is 16.3. The molecule has 0 amide bonds. The molecule has 0 aromatic heterocycles. The Balaban J connectivity index is 2.26. The molecule has 0 bridgehead atoms. The van der Waals surface area contributed by atoms with E-state index in [-0.39, 0.29) is 12.1 Å². The van der Waals surface area contributed by atoms with Crippen LogP contribution in [-0.4, -0.2) is 48.3 Å². The molecule has 96 valence electrons. The molecule has 1 saturated carbocycles. The number of nitrogens with zero attached hydrogens (tertiary/aromatic N) is 1. The smallest absolute Gasteiger partial charge is 0.0613 e. The van der Waals surface area contributed by atoms with Crippen molar-refractivity contribution in [3.8, 4) is 0 Å². The van der Waals surface area contributed by atoms with Gasteiger partial charge in [-0.3, -0.25) is 0 Å². The van der Waals surface area contributed by atoms with Gasteiger partial charge in [0.2, 0.25) is 0 Å². The fourth-order valence-corrected chi connectivity index (χ4v) is 2.41. The van der Waals surface area contributed by atoms with Crippen molar-refractivity contribution in [3.63, 3.8) is 0 Å². The van der Waals surface area contributed by atoms with E-state index in [1.54, 1.807) is 0 Å². The lowest BCUT2D eigenvalue weighted by atomic mass is 9.91. The Kier molecular flexibility index (Phi) is 5.73. The largest absolute Gasteiger partial charge is 0.394 e. The van der Waals surface area contributed by atoms with Crippen LogP contribution in [-0.2, 0) is 0 Å². The summed E-state index contributed by atoms with van der Waals surface area (Å²) >= 11 is 0. The van der Waals surface area contributed by atoms with Crippen LogP contribution in [0.2, 0.25) is 0 Å². The quantitative estimate of drug-likeness (QED) is 0.629. The first-order valence-electron chi connectivity index (χ1n) is 6.75. The Morgan fingerprint density at radius 1 is 1.38 bits per heavy atom. The van der Waals surface area contributed by atoms with E-state index in [1.165, 1.54) is 32.4 Å². The minimum atomic E-state index is -0.0526. The summed E-state index contributed by atoms with van der Waals surface area (Å²) in [6.07, 6.45) is 6.02. The van der Waals surface area contributed by atoms with Crippen molar-refractivity contribution in [2.45, 2.75) is 57.5 Å². The maximum Gasteiger partial charge on any atom is 0.0613 e. The van der Waals surface area contributed by atoms with Crippen LogP contribution in [0.25, 0.3) is 0 Å². The Bertz CT molecular complexity index is 180. The van der Waals surface area contributed by atoms with Gasteiger partial charge >= 0.3 is 0 Å². The van der Waals surface area contributed by atoms with E-state index >= 15 is 0 Å². The third kappa shape index (κ3) is 3.72. The molecule has 3 heteroatoms. The number of aliphatic hydroxyl groups excluding tert-OH is 1. The second kappa shape index (κ2) is 6.58. The van der Waals surface area contributed by atoms with Crippen LogP contribution in [0.1, 0.15) is 46.0 Å². The third-order valence-electron chi connectivity index (χ3n) is 4.08. The van der Waals surface area contributed by atoms with E-state index in [2.05, 4.69) is 24.1 Å². The Labute approximate surface area is 100 Å². The van der Waals surface area contributed by atoms with E-state index < -0.39 is 0 Å². The topological polar surface area (TPSA) is 35.5 Å². The summed E-state index contributed by atoms with van der Waals surface area (Å²) in [5.41, 5.74) is -0.0526. The van der Waals surface area contributed by atoms with Crippen LogP contribution >= 0.6 is 0 Å². The van der Waals surface area contributed by atoms with E-state index in [0.29, 0.717) is 0 Å². The standard InChI is InChI=1S/C13H28N2O/c1-4-13(11-16,14-3)9-6-10-15(5-2)12-7-8-12/h12,14,16H,4-11H2,1-3H3. The number of rotatable bonds is 9. The van der Waals surface area contributed by atoms with Gasteiger partial charge in [0.1, 0.15) is 0 Å². The molecule has 1 atom stereocenters. The number of aliphatic hydroxyl groups is 1. The SMILES string of the molecule is CCN(CCCC(CC)(CO)NC)C1CC1. The van der Waals surface area contributed by atoms with Gasteiger partial charge in [-0.2, -0.15) is 0 Å². The molecule has 0 aromatic rings. The molecular weight excluding hydrogens is 200 g/mol. The Hall–Kier alpha value is -0.120. The molecule has 3 nitrogen and oxygen atoms in total. The van der Waals surface area contributed by atoms with E-state index in [1.807, 2.05) is 7.05 Å². The zero-order valence-electron chi connectivity index (χ0n) is 11.1. The summed E-state index contributed by atoms with van der Waals surface area (Å²) in [5.74, 6) is 0. The average Bonchev–Trinajstić information content (AvgIpc) is 3.15. The Morgan fingerprint density at radius 2 is 2.06 bits per heavy atom. The van der Waals surface area contributed by atoms with E-state index in [9.17, 15) is 5.11 Å². The molecule has 1 aliphatic rings. The third-order valence-corrected chi connectivity index (χ3v) is 4.08. The highest BCUT2D eigenvalue weighted by Gasteiger charge is 2.29. The molecule has 0 aromatic carbocycles. The lowest BCUT2D eigenvalue weighted by molar-refractivity contribution is 0.145. The average molecular weight is 228 g/mol. The summed E-state index contributed by atoms with van der Waals surface area (Å²) in [5, 5.41) is 12.7. The van der Waals surface area contributed by atoms with E-state index in [0.717, 1.165) is 18.9 Å². The molecule has 1 unspecified atom stereocenters. The molecule has 0 heterocycles. The van der Waals surface area contributed by atoms with Crippen molar-refractivity contribution >= 4 is 0 Å². The second-order valence-electron chi connectivity index (χ2n) is 5.01. The minimum absolute atomic E-state index is 0.0526. The first-order chi connectivity index (χ1) is 7.71. The molecule has 0 aliphatic heterocycles. The van der Waals surface area contributed by atoms with Crippen LogP contribution in [0.5, 0.6) is 0 Å². The van der Waals surface area contributed by atoms with Crippen molar-refractivity contribution in [1.82, 2.24) is 10.2 Å². The molecular formula is C13H28N2O. The second-order valence-corrected chi connectivity index (χ2v) is 5.01. The van der Waals surface area contributed by atoms with Gasteiger partial charge in [-0.05, 0) is 52.2 Å². The molecule has 0 spiro atoms. The molecule has 1 aliphatic carbocycles. The normalized spacial score (nSPS) is 20.1. The maximum atomic E-state index is 9.44. The monoisotopic (exact) mass is 228 g/mol. The van der Waals surface area contributed by atoms with Crippen LogP contribution in [0.3, 0.4) is 0 Å². The number of hydrogen-bond acceptors (Lipinski definition) is 3. The van der Waals surface area contributed by atoms with Gasteiger partial charge in [-0.25, -0.2) is 0 Å². The van der Waals surface area contributed by atoms with Crippen LogP contribution in [0.15, 0.2) is 0 Å². The molecule has 0 radical (unpaired) electrons. The highest BCUT2D eigenvalue weighted by molar-refractivity contribution is 4.87. The van der Waals surface area contributed by atoms with Crippen LogP contribution in [0, 0.1) is 0 Å². The predicted octanol–water partition coefficient (Wildman–Crippen LogP) is 1.61. The van der Waals surface area contributed by atoms with Crippen LogP contribution in [0.4, 0.5) is 0 Å². The summed E-state index contributed by atoms with van der Waals surface area (Å²) in [7, 11) is 1.96. The zero-order chi connectivity index (χ0) is 12.0. The summed E-state index contributed by atoms with van der Waals surface area (Å²) < 4.78 is 0. The van der Waals surface area contributed by atoms with Crippen LogP contribution < -0.4 is 5.32 Å². The molecule has 0 saturated heterocycles. The van der Waals surface area contributed by atoms with Gasteiger partial charge < -0.3 is 15.3 Å².